The molecule has 1 rings (SSSR count). The SMILES string of the molecule is NNC(c1cccs1)C(F)F. The van der Waals surface area contributed by atoms with Crippen LogP contribution in [0.5, 0.6) is 0 Å². The van der Waals surface area contributed by atoms with E-state index in [1.165, 1.54) is 11.3 Å². The largest absolute Gasteiger partial charge is 0.271 e. The van der Waals surface area contributed by atoms with Gasteiger partial charge in [0.05, 0.1) is 0 Å². The van der Waals surface area contributed by atoms with Gasteiger partial charge in [0.25, 0.3) is 6.43 Å². The van der Waals surface area contributed by atoms with Gasteiger partial charge in [0.2, 0.25) is 0 Å². The highest BCUT2D eigenvalue weighted by atomic mass is 32.1. The Morgan fingerprint density at radius 3 is 2.64 bits per heavy atom. The maximum atomic E-state index is 12.1. The first kappa shape index (κ1) is 8.58. The summed E-state index contributed by atoms with van der Waals surface area (Å²) in [5.41, 5.74) is 2.06. The molecule has 0 aliphatic heterocycles. The average Bonchev–Trinajstić information content (AvgIpc) is 2.40. The molecule has 1 aromatic rings. The van der Waals surface area contributed by atoms with E-state index in [9.17, 15) is 8.78 Å². The molecule has 0 aromatic carbocycles. The third kappa shape index (κ3) is 1.95. The fourth-order valence-corrected chi connectivity index (χ4v) is 1.54. The molecule has 0 spiro atoms. The summed E-state index contributed by atoms with van der Waals surface area (Å²) < 4.78 is 24.3. The standard InChI is InChI=1S/C6H8F2N2S/c7-6(8)5(10-9)4-2-1-3-11-4/h1-3,5-6,10H,9H2. The van der Waals surface area contributed by atoms with Crippen LogP contribution in [0.4, 0.5) is 8.78 Å². The lowest BCUT2D eigenvalue weighted by molar-refractivity contribution is 0.100. The first-order chi connectivity index (χ1) is 5.25. The Morgan fingerprint density at radius 1 is 1.55 bits per heavy atom. The molecule has 11 heavy (non-hydrogen) atoms. The molecule has 0 amide bonds. The van der Waals surface area contributed by atoms with Gasteiger partial charge in [-0.2, -0.15) is 0 Å². The molecule has 1 unspecified atom stereocenters. The zero-order valence-electron chi connectivity index (χ0n) is 5.63. The minimum Gasteiger partial charge on any atom is -0.271 e. The Kier molecular flexibility index (Phi) is 2.92. The van der Waals surface area contributed by atoms with E-state index in [1.54, 1.807) is 17.5 Å². The lowest BCUT2D eigenvalue weighted by Gasteiger charge is -2.11. The fourth-order valence-electron chi connectivity index (χ4n) is 0.747. The van der Waals surface area contributed by atoms with Gasteiger partial charge in [0.1, 0.15) is 6.04 Å². The van der Waals surface area contributed by atoms with Crippen molar-refractivity contribution in [1.82, 2.24) is 5.43 Å². The Bertz CT molecular complexity index is 200. The van der Waals surface area contributed by atoms with Crippen LogP contribution in [0.25, 0.3) is 0 Å². The van der Waals surface area contributed by atoms with E-state index in [4.69, 9.17) is 5.84 Å². The zero-order valence-corrected chi connectivity index (χ0v) is 6.44. The van der Waals surface area contributed by atoms with E-state index in [0.717, 1.165) is 0 Å². The van der Waals surface area contributed by atoms with Crippen molar-refractivity contribution < 1.29 is 8.78 Å². The minimum absolute atomic E-state index is 0.558. The number of halogens is 2. The minimum atomic E-state index is -2.46. The van der Waals surface area contributed by atoms with Crippen molar-refractivity contribution in [3.63, 3.8) is 0 Å². The summed E-state index contributed by atoms with van der Waals surface area (Å²) >= 11 is 1.26. The smallest absolute Gasteiger partial charge is 0.259 e. The van der Waals surface area contributed by atoms with Gasteiger partial charge in [0.15, 0.2) is 0 Å². The molecule has 1 atom stereocenters. The summed E-state index contributed by atoms with van der Waals surface area (Å²) in [6, 6.07) is 2.31. The van der Waals surface area contributed by atoms with E-state index in [0.29, 0.717) is 4.88 Å². The van der Waals surface area contributed by atoms with Crippen LogP contribution in [-0.4, -0.2) is 6.43 Å². The highest BCUT2D eigenvalue weighted by molar-refractivity contribution is 7.10. The monoisotopic (exact) mass is 178 g/mol. The van der Waals surface area contributed by atoms with Crippen LogP contribution in [0.1, 0.15) is 10.9 Å². The molecule has 1 aromatic heterocycles. The third-order valence-electron chi connectivity index (χ3n) is 1.28. The molecule has 0 fully saturated rings. The molecule has 3 N–H and O–H groups in total. The highest BCUT2D eigenvalue weighted by Gasteiger charge is 2.21. The number of hydrogen-bond donors (Lipinski definition) is 2. The van der Waals surface area contributed by atoms with Crippen LogP contribution in [-0.2, 0) is 0 Å². The molecule has 2 nitrogen and oxygen atoms in total. The Morgan fingerprint density at radius 2 is 2.27 bits per heavy atom. The number of nitrogens with one attached hydrogen (secondary N) is 1. The molecule has 0 bridgehead atoms. The van der Waals surface area contributed by atoms with Crippen molar-refractivity contribution in [2.45, 2.75) is 12.5 Å². The maximum absolute atomic E-state index is 12.1. The van der Waals surface area contributed by atoms with Gasteiger partial charge in [-0.1, -0.05) is 6.07 Å². The molecule has 0 aliphatic rings. The predicted molar refractivity (Wildman–Crippen MR) is 40.4 cm³/mol. The van der Waals surface area contributed by atoms with E-state index in [-0.39, 0.29) is 0 Å². The molecule has 62 valence electrons. The van der Waals surface area contributed by atoms with Crippen molar-refractivity contribution in [3.8, 4) is 0 Å². The number of nitrogens with two attached hydrogens (primary N) is 1. The summed E-state index contributed by atoms with van der Waals surface area (Å²) in [5.74, 6) is 4.94. The molecule has 0 aliphatic carbocycles. The van der Waals surface area contributed by atoms with Gasteiger partial charge in [0, 0.05) is 4.88 Å². The molecular formula is C6H8F2N2S. The molecule has 5 heteroatoms. The number of hydrogen-bond acceptors (Lipinski definition) is 3. The highest BCUT2D eigenvalue weighted by Crippen LogP contribution is 2.23. The topological polar surface area (TPSA) is 38.0 Å². The predicted octanol–water partition coefficient (Wildman–Crippen LogP) is 1.52. The quantitative estimate of drug-likeness (QED) is 0.544. The number of thiophene rings is 1. The summed E-state index contributed by atoms with van der Waals surface area (Å²) in [6.07, 6.45) is -2.46. The summed E-state index contributed by atoms with van der Waals surface area (Å²) in [5, 5.41) is 1.74. The van der Waals surface area contributed by atoms with Crippen LogP contribution >= 0.6 is 11.3 Å². The van der Waals surface area contributed by atoms with Gasteiger partial charge in [-0.05, 0) is 11.4 Å². The summed E-state index contributed by atoms with van der Waals surface area (Å²) in [4.78, 5) is 0.558. The molecule has 0 radical (unpaired) electrons. The number of alkyl halides is 2. The lowest BCUT2D eigenvalue weighted by atomic mass is 10.3. The van der Waals surface area contributed by atoms with Gasteiger partial charge < -0.3 is 0 Å². The second-order valence-electron chi connectivity index (χ2n) is 1.99. The van der Waals surface area contributed by atoms with E-state index < -0.39 is 12.5 Å². The molecule has 0 saturated heterocycles. The molecule has 1 heterocycles. The van der Waals surface area contributed by atoms with Crippen molar-refractivity contribution in [3.05, 3.63) is 22.4 Å². The fraction of sp³-hybridized carbons (Fsp3) is 0.333. The number of rotatable bonds is 3. The normalized spacial score (nSPS) is 13.8. The summed E-state index contributed by atoms with van der Waals surface area (Å²) in [7, 11) is 0. The van der Waals surface area contributed by atoms with Crippen molar-refractivity contribution in [2.75, 3.05) is 0 Å². The van der Waals surface area contributed by atoms with Gasteiger partial charge in [-0.3, -0.25) is 5.84 Å². The van der Waals surface area contributed by atoms with Crippen LogP contribution in [0.2, 0.25) is 0 Å². The first-order valence-electron chi connectivity index (χ1n) is 3.03. The molecule has 0 saturated carbocycles. The third-order valence-corrected chi connectivity index (χ3v) is 2.24. The second kappa shape index (κ2) is 3.75. The van der Waals surface area contributed by atoms with Crippen molar-refractivity contribution in [2.24, 2.45) is 5.84 Å². The van der Waals surface area contributed by atoms with Crippen LogP contribution in [0.3, 0.4) is 0 Å². The molecular weight excluding hydrogens is 170 g/mol. The van der Waals surface area contributed by atoms with Crippen LogP contribution in [0, 0.1) is 0 Å². The van der Waals surface area contributed by atoms with E-state index in [1.807, 2.05) is 0 Å². The van der Waals surface area contributed by atoms with Crippen molar-refractivity contribution >= 4 is 11.3 Å². The van der Waals surface area contributed by atoms with Crippen molar-refractivity contribution in [1.29, 1.82) is 0 Å². The number of hydrazine groups is 1. The Labute approximate surface area is 67.0 Å². The second-order valence-corrected chi connectivity index (χ2v) is 2.97. The first-order valence-corrected chi connectivity index (χ1v) is 3.91. The lowest BCUT2D eigenvalue weighted by Crippen LogP contribution is -2.32. The van der Waals surface area contributed by atoms with Gasteiger partial charge in [-0.15, -0.1) is 11.3 Å². The van der Waals surface area contributed by atoms with Crippen LogP contribution < -0.4 is 11.3 Å². The van der Waals surface area contributed by atoms with Crippen LogP contribution in [0.15, 0.2) is 17.5 Å². The summed E-state index contributed by atoms with van der Waals surface area (Å²) in [6.45, 7) is 0. The Hall–Kier alpha value is -0.520. The Balaban J connectivity index is 2.71. The maximum Gasteiger partial charge on any atom is 0.259 e. The van der Waals surface area contributed by atoms with Gasteiger partial charge in [-0.25, -0.2) is 14.2 Å². The zero-order chi connectivity index (χ0) is 8.27. The van der Waals surface area contributed by atoms with Gasteiger partial charge >= 0.3 is 0 Å². The van der Waals surface area contributed by atoms with E-state index >= 15 is 0 Å². The van der Waals surface area contributed by atoms with E-state index in [2.05, 4.69) is 5.43 Å². The average molecular weight is 178 g/mol.